The number of hydrogen-bond acceptors (Lipinski definition) is 1. The molecule has 0 aliphatic carbocycles. The first-order valence-electron chi connectivity index (χ1n) is 6.96. The van der Waals surface area contributed by atoms with E-state index in [0.29, 0.717) is 5.02 Å². The highest BCUT2D eigenvalue weighted by atomic mass is 79.9. The van der Waals surface area contributed by atoms with Gasteiger partial charge >= 0.3 is 0 Å². The summed E-state index contributed by atoms with van der Waals surface area (Å²) >= 11 is 9.77. The molecule has 112 valence electrons. The smallest absolute Gasteiger partial charge is 0.106 e. The Hall–Kier alpha value is -0.830. The first-order valence-corrected chi connectivity index (χ1v) is 8.13. The predicted octanol–water partition coefficient (Wildman–Crippen LogP) is 5.73. The van der Waals surface area contributed by atoms with E-state index in [1.807, 2.05) is 18.2 Å². The highest BCUT2D eigenvalue weighted by Gasteiger charge is 2.22. The monoisotopic (exact) mass is 366 g/mol. The normalized spacial score (nSPS) is 12.6. The van der Waals surface area contributed by atoms with Crippen molar-refractivity contribution in [2.75, 3.05) is 0 Å². The fraction of sp³-hybridized carbons (Fsp3) is 0.333. The summed E-state index contributed by atoms with van der Waals surface area (Å²) in [4.78, 5) is 0. The minimum Gasteiger partial charge on any atom is -0.384 e. The van der Waals surface area contributed by atoms with Gasteiger partial charge in [-0.2, -0.15) is 0 Å². The summed E-state index contributed by atoms with van der Waals surface area (Å²) in [7, 11) is 0. The van der Waals surface area contributed by atoms with Gasteiger partial charge in [-0.3, -0.25) is 0 Å². The van der Waals surface area contributed by atoms with Crippen LogP contribution < -0.4 is 0 Å². The Bertz CT molecular complexity index is 678. The Kier molecular flexibility index (Phi) is 4.82. The molecule has 0 amide bonds. The lowest BCUT2D eigenvalue weighted by atomic mass is 9.85. The summed E-state index contributed by atoms with van der Waals surface area (Å²) in [6, 6.07) is 5.65. The van der Waals surface area contributed by atoms with Crippen molar-refractivity contribution in [1.82, 2.24) is 0 Å². The number of aliphatic hydroxyl groups excluding tert-OH is 1. The summed E-state index contributed by atoms with van der Waals surface area (Å²) in [6.07, 6.45) is -0.715. The molecule has 21 heavy (non-hydrogen) atoms. The number of benzene rings is 2. The lowest BCUT2D eigenvalue weighted by molar-refractivity contribution is 0.218. The molecule has 1 nitrogen and oxygen atoms in total. The summed E-state index contributed by atoms with van der Waals surface area (Å²) in [5.41, 5.74) is 7.74. The first kappa shape index (κ1) is 16.5. The van der Waals surface area contributed by atoms with E-state index >= 15 is 0 Å². The lowest BCUT2D eigenvalue weighted by Gasteiger charge is -2.23. The van der Waals surface area contributed by atoms with E-state index in [2.05, 4.69) is 50.5 Å². The van der Waals surface area contributed by atoms with Gasteiger partial charge in [-0.15, -0.1) is 0 Å². The fourth-order valence-electron chi connectivity index (χ4n) is 2.83. The average Bonchev–Trinajstić information content (AvgIpc) is 2.46. The van der Waals surface area contributed by atoms with Crippen molar-refractivity contribution in [3.8, 4) is 0 Å². The van der Waals surface area contributed by atoms with Crippen molar-refractivity contribution in [1.29, 1.82) is 0 Å². The number of aliphatic hydroxyl groups is 1. The molecule has 0 radical (unpaired) electrons. The van der Waals surface area contributed by atoms with Gasteiger partial charge in [-0.05, 0) is 90.0 Å². The van der Waals surface area contributed by atoms with Gasteiger partial charge in [0.25, 0.3) is 0 Å². The van der Waals surface area contributed by atoms with Gasteiger partial charge in [0.15, 0.2) is 0 Å². The second-order valence-corrected chi connectivity index (χ2v) is 6.82. The van der Waals surface area contributed by atoms with E-state index in [-0.39, 0.29) is 0 Å². The average molecular weight is 368 g/mol. The van der Waals surface area contributed by atoms with Crippen molar-refractivity contribution in [2.24, 2.45) is 0 Å². The summed E-state index contributed by atoms with van der Waals surface area (Å²) in [6.45, 7) is 10.5. The minimum atomic E-state index is -0.715. The van der Waals surface area contributed by atoms with Crippen molar-refractivity contribution in [3.63, 3.8) is 0 Å². The molecule has 2 aromatic carbocycles. The highest BCUT2D eigenvalue weighted by molar-refractivity contribution is 9.10. The van der Waals surface area contributed by atoms with Crippen LogP contribution in [0.5, 0.6) is 0 Å². The lowest BCUT2D eigenvalue weighted by Crippen LogP contribution is -2.09. The third-order valence-corrected chi connectivity index (χ3v) is 5.92. The third kappa shape index (κ3) is 2.77. The summed E-state index contributed by atoms with van der Waals surface area (Å²) in [5.74, 6) is 0. The molecule has 1 N–H and O–H groups in total. The Morgan fingerprint density at radius 3 is 1.90 bits per heavy atom. The van der Waals surface area contributed by atoms with Crippen LogP contribution in [0.3, 0.4) is 0 Å². The molecule has 3 heteroatoms. The maximum absolute atomic E-state index is 10.9. The quantitative estimate of drug-likeness (QED) is 0.719. The Morgan fingerprint density at radius 2 is 1.38 bits per heavy atom. The van der Waals surface area contributed by atoms with Crippen molar-refractivity contribution >= 4 is 27.5 Å². The maximum Gasteiger partial charge on any atom is 0.106 e. The number of halogens is 2. The molecular formula is C18H20BrClO. The van der Waals surface area contributed by atoms with Crippen molar-refractivity contribution in [3.05, 3.63) is 66.6 Å². The Labute approximate surface area is 140 Å². The van der Waals surface area contributed by atoms with Gasteiger partial charge in [0.1, 0.15) is 6.10 Å². The van der Waals surface area contributed by atoms with E-state index in [0.717, 1.165) is 26.7 Å². The largest absolute Gasteiger partial charge is 0.384 e. The van der Waals surface area contributed by atoms with Crippen LogP contribution in [0, 0.1) is 34.6 Å². The van der Waals surface area contributed by atoms with Gasteiger partial charge in [-0.1, -0.05) is 23.7 Å². The Balaban J connectivity index is 2.70. The van der Waals surface area contributed by atoms with Crippen LogP contribution in [0.1, 0.15) is 45.0 Å². The minimum absolute atomic E-state index is 0.569. The van der Waals surface area contributed by atoms with Crippen molar-refractivity contribution < 1.29 is 5.11 Å². The van der Waals surface area contributed by atoms with Crippen LogP contribution in [0.4, 0.5) is 0 Å². The molecule has 0 fully saturated rings. The molecule has 0 aliphatic rings. The molecule has 1 unspecified atom stereocenters. The SMILES string of the molecule is Cc1c(C)c(C)c(C(O)c2cccc(Br)c2Cl)c(C)c1C. The summed E-state index contributed by atoms with van der Waals surface area (Å²) < 4.78 is 0.802. The first-order chi connectivity index (χ1) is 9.77. The van der Waals surface area contributed by atoms with E-state index < -0.39 is 6.10 Å². The zero-order valence-electron chi connectivity index (χ0n) is 13.0. The van der Waals surface area contributed by atoms with Crippen LogP contribution in [0.15, 0.2) is 22.7 Å². The van der Waals surface area contributed by atoms with Gasteiger partial charge < -0.3 is 5.11 Å². The molecule has 0 saturated carbocycles. The number of hydrogen-bond donors (Lipinski definition) is 1. The molecule has 0 aromatic heterocycles. The van der Waals surface area contributed by atoms with Crippen LogP contribution in [-0.4, -0.2) is 5.11 Å². The highest BCUT2D eigenvalue weighted by Crippen LogP contribution is 2.38. The zero-order valence-corrected chi connectivity index (χ0v) is 15.4. The van der Waals surface area contributed by atoms with Crippen LogP contribution in [-0.2, 0) is 0 Å². The molecule has 0 heterocycles. The molecule has 2 aromatic rings. The standard InChI is InChI=1S/C18H20BrClO/c1-9-10(2)12(4)16(13(5)11(9)3)18(21)14-7-6-8-15(19)17(14)20/h6-8,18,21H,1-5H3. The Morgan fingerprint density at radius 1 is 0.905 bits per heavy atom. The molecular weight excluding hydrogens is 348 g/mol. The second-order valence-electron chi connectivity index (χ2n) is 5.58. The number of rotatable bonds is 2. The van der Waals surface area contributed by atoms with Gasteiger partial charge in [0.05, 0.1) is 5.02 Å². The van der Waals surface area contributed by atoms with E-state index in [4.69, 9.17) is 11.6 Å². The van der Waals surface area contributed by atoms with E-state index in [1.165, 1.54) is 16.7 Å². The molecule has 0 bridgehead atoms. The van der Waals surface area contributed by atoms with Gasteiger partial charge in [-0.25, -0.2) is 0 Å². The molecule has 1 atom stereocenters. The maximum atomic E-state index is 10.9. The molecule has 0 spiro atoms. The van der Waals surface area contributed by atoms with Crippen LogP contribution >= 0.6 is 27.5 Å². The van der Waals surface area contributed by atoms with Crippen molar-refractivity contribution in [2.45, 2.75) is 40.7 Å². The van der Waals surface area contributed by atoms with Gasteiger partial charge in [0.2, 0.25) is 0 Å². The summed E-state index contributed by atoms with van der Waals surface area (Å²) in [5, 5.41) is 11.5. The topological polar surface area (TPSA) is 20.2 Å². The second kappa shape index (κ2) is 6.12. The van der Waals surface area contributed by atoms with Crippen LogP contribution in [0.2, 0.25) is 5.02 Å². The zero-order chi connectivity index (χ0) is 15.9. The van der Waals surface area contributed by atoms with E-state index in [9.17, 15) is 5.11 Å². The van der Waals surface area contributed by atoms with Crippen LogP contribution in [0.25, 0.3) is 0 Å². The molecule has 0 saturated heterocycles. The fourth-order valence-corrected chi connectivity index (χ4v) is 3.44. The van der Waals surface area contributed by atoms with Gasteiger partial charge in [0, 0.05) is 10.0 Å². The third-order valence-electron chi connectivity index (χ3n) is 4.61. The predicted molar refractivity (Wildman–Crippen MR) is 93.3 cm³/mol. The molecule has 0 aliphatic heterocycles. The molecule has 2 rings (SSSR count). The van der Waals surface area contributed by atoms with E-state index in [1.54, 1.807) is 0 Å².